The van der Waals surface area contributed by atoms with Gasteiger partial charge >= 0.3 is 6.09 Å². The Kier molecular flexibility index (Phi) is 4.88. The molecule has 0 saturated heterocycles. The average Bonchev–Trinajstić information content (AvgIpc) is 2.35. The number of amides is 1. The molecule has 1 aliphatic carbocycles. The van der Waals surface area contributed by atoms with Crippen LogP contribution >= 0.6 is 0 Å². The molecular weight excluding hydrogens is 242 g/mol. The van der Waals surface area contributed by atoms with Crippen molar-refractivity contribution in [3.63, 3.8) is 0 Å². The van der Waals surface area contributed by atoms with E-state index in [1.165, 1.54) is 0 Å². The van der Waals surface area contributed by atoms with Crippen molar-refractivity contribution in [2.24, 2.45) is 5.41 Å². The molecule has 1 rings (SSSR count). The number of carbonyl (C=O) groups excluding carboxylic acids is 1. The predicted molar refractivity (Wildman–Crippen MR) is 76.2 cm³/mol. The first-order chi connectivity index (χ1) is 8.48. The van der Waals surface area contributed by atoms with Crippen LogP contribution in [0.4, 0.5) is 4.79 Å². The number of hydrogen-bond acceptors (Lipinski definition) is 3. The number of nitrogens with one attached hydrogen (secondary N) is 1. The highest BCUT2D eigenvalue weighted by molar-refractivity contribution is 5.68. The molecule has 0 spiro atoms. The van der Waals surface area contributed by atoms with Gasteiger partial charge in [-0.25, -0.2) is 4.79 Å². The van der Waals surface area contributed by atoms with Crippen LogP contribution in [0.1, 0.15) is 61.3 Å². The zero-order valence-electron chi connectivity index (χ0n) is 13.4. The molecule has 112 valence electrons. The van der Waals surface area contributed by atoms with E-state index in [-0.39, 0.29) is 29.8 Å². The minimum atomic E-state index is -0.466. The van der Waals surface area contributed by atoms with Crippen LogP contribution in [-0.4, -0.2) is 29.9 Å². The normalized spacial score (nSPS) is 26.5. The van der Waals surface area contributed by atoms with Gasteiger partial charge in [0.15, 0.2) is 0 Å². The lowest BCUT2D eigenvalue weighted by Crippen LogP contribution is -2.44. The summed E-state index contributed by atoms with van der Waals surface area (Å²) >= 11 is 0. The van der Waals surface area contributed by atoms with Gasteiger partial charge in [0, 0.05) is 0 Å². The number of alkyl carbamates (subject to hydrolysis) is 1. The van der Waals surface area contributed by atoms with Crippen LogP contribution in [0.5, 0.6) is 0 Å². The monoisotopic (exact) mass is 271 g/mol. The average molecular weight is 271 g/mol. The maximum atomic E-state index is 11.9. The first kappa shape index (κ1) is 16.3. The highest BCUT2D eigenvalue weighted by Gasteiger charge is 2.41. The maximum absolute atomic E-state index is 11.9. The Bertz CT molecular complexity index is 318. The lowest BCUT2D eigenvalue weighted by molar-refractivity contribution is -0.00992. The summed E-state index contributed by atoms with van der Waals surface area (Å²) in [6, 6.07) is 0.0345. The molecule has 1 fully saturated rings. The standard InChI is InChI=1S/C15H29NO3/c1-10(2)18-12-9-15(6,7)8-11(12)16-13(17)19-14(3,4)5/h10-12H,8-9H2,1-7H3,(H,16,17)/t11-,12-/m0/s1. The molecule has 1 N–H and O–H groups in total. The predicted octanol–water partition coefficient (Wildman–Crippen LogP) is 3.49. The van der Waals surface area contributed by atoms with E-state index in [0.717, 1.165) is 12.8 Å². The van der Waals surface area contributed by atoms with Crippen molar-refractivity contribution in [1.29, 1.82) is 0 Å². The summed E-state index contributed by atoms with van der Waals surface area (Å²) in [6.07, 6.45) is 1.77. The summed E-state index contributed by atoms with van der Waals surface area (Å²) in [7, 11) is 0. The Hall–Kier alpha value is -0.770. The van der Waals surface area contributed by atoms with Gasteiger partial charge in [-0.3, -0.25) is 0 Å². The summed E-state index contributed by atoms with van der Waals surface area (Å²) in [4.78, 5) is 11.9. The Labute approximate surface area is 117 Å². The van der Waals surface area contributed by atoms with E-state index < -0.39 is 5.60 Å². The maximum Gasteiger partial charge on any atom is 0.407 e. The van der Waals surface area contributed by atoms with Crippen LogP contribution in [0.2, 0.25) is 0 Å². The van der Waals surface area contributed by atoms with Crippen LogP contribution in [0.25, 0.3) is 0 Å². The lowest BCUT2D eigenvalue weighted by atomic mass is 9.91. The molecule has 0 unspecified atom stereocenters. The molecule has 2 atom stereocenters. The zero-order valence-corrected chi connectivity index (χ0v) is 13.4. The zero-order chi connectivity index (χ0) is 14.8. The summed E-state index contributed by atoms with van der Waals surface area (Å²) in [5.41, 5.74) is -0.272. The molecule has 19 heavy (non-hydrogen) atoms. The minimum absolute atomic E-state index is 0.0345. The van der Waals surface area contributed by atoms with Crippen molar-refractivity contribution in [3.05, 3.63) is 0 Å². The van der Waals surface area contributed by atoms with E-state index in [0.29, 0.717) is 0 Å². The highest BCUT2D eigenvalue weighted by atomic mass is 16.6. The Morgan fingerprint density at radius 3 is 2.32 bits per heavy atom. The SMILES string of the molecule is CC(C)O[C@H]1CC(C)(C)C[C@@H]1NC(=O)OC(C)(C)C. The minimum Gasteiger partial charge on any atom is -0.444 e. The second-order valence-electron chi connectivity index (χ2n) is 7.55. The van der Waals surface area contributed by atoms with Gasteiger partial charge in [0.05, 0.1) is 18.2 Å². The van der Waals surface area contributed by atoms with Crippen LogP contribution < -0.4 is 5.32 Å². The fourth-order valence-corrected chi connectivity index (χ4v) is 2.59. The van der Waals surface area contributed by atoms with Crippen molar-refractivity contribution >= 4 is 6.09 Å². The van der Waals surface area contributed by atoms with E-state index in [2.05, 4.69) is 19.2 Å². The molecule has 4 heteroatoms. The molecular formula is C15H29NO3. The third-order valence-corrected chi connectivity index (χ3v) is 3.12. The molecule has 0 bridgehead atoms. The molecule has 0 aromatic rings. The van der Waals surface area contributed by atoms with Gasteiger partial charge in [-0.15, -0.1) is 0 Å². The van der Waals surface area contributed by atoms with Crippen LogP contribution in [-0.2, 0) is 9.47 Å². The van der Waals surface area contributed by atoms with Gasteiger partial charge < -0.3 is 14.8 Å². The molecule has 0 radical (unpaired) electrons. The number of ether oxygens (including phenoxy) is 2. The fourth-order valence-electron chi connectivity index (χ4n) is 2.59. The first-order valence-electron chi connectivity index (χ1n) is 7.13. The molecule has 1 aliphatic rings. The topological polar surface area (TPSA) is 47.6 Å². The number of hydrogen-bond donors (Lipinski definition) is 1. The van der Waals surface area contributed by atoms with Crippen molar-refractivity contribution in [2.75, 3.05) is 0 Å². The fraction of sp³-hybridized carbons (Fsp3) is 0.933. The van der Waals surface area contributed by atoms with Gasteiger partial charge in [-0.1, -0.05) is 13.8 Å². The molecule has 0 aliphatic heterocycles. The molecule has 0 heterocycles. The van der Waals surface area contributed by atoms with E-state index in [1.54, 1.807) is 0 Å². The smallest absolute Gasteiger partial charge is 0.407 e. The van der Waals surface area contributed by atoms with Gasteiger partial charge in [0.25, 0.3) is 0 Å². The van der Waals surface area contributed by atoms with E-state index in [1.807, 2.05) is 34.6 Å². The van der Waals surface area contributed by atoms with Gasteiger partial charge in [-0.05, 0) is 52.9 Å². The largest absolute Gasteiger partial charge is 0.444 e. The lowest BCUT2D eigenvalue weighted by Gasteiger charge is -2.25. The second kappa shape index (κ2) is 5.70. The van der Waals surface area contributed by atoms with Gasteiger partial charge in [-0.2, -0.15) is 0 Å². The summed E-state index contributed by atoms with van der Waals surface area (Å²) < 4.78 is 11.2. The Morgan fingerprint density at radius 1 is 1.26 bits per heavy atom. The Balaban J connectivity index is 2.61. The Morgan fingerprint density at radius 2 is 1.84 bits per heavy atom. The summed E-state index contributed by atoms with van der Waals surface area (Å²) in [6.45, 7) is 14.1. The molecule has 1 saturated carbocycles. The quantitative estimate of drug-likeness (QED) is 0.854. The van der Waals surface area contributed by atoms with Crippen molar-refractivity contribution in [3.8, 4) is 0 Å². The van der Waals surface area contributed by atoms with E-state index >= 15 is 0 Å². The molecule has 0 aromatic carbocycles. The van der Waals surface area contributed by atoms with E-state index in [4.69, 9.17) is 9.47 Å². The second-order valence-corrected chi connectivity index (χ2v) is 7.55. The summed E-state index contributed by atoms with van der Waals surface area (Å²) in [5, 5.41) is 2.96. The third kappa shape index (κ3) is 5.81. The van der Waals surface area contributed by atoms with Crippen molar-refractivity contribution in [1.82, 2.24) is 5.32 Å². The molecule has 4 nitrogen and oxygen atoms in total. The van der Waals surface area contributed by atoms with Crippen LogP contribution in [0.3, 0.4) is 0 Å². The molecule has 1 amide bonds. The third-order valence-electron chi connectivity index (χ3n) is 3.12. The van der Waals surface area contributed by atoms with Crippen LogP contribution in [0.15, 0.2) is 0 Å². The van der Waals surface area contributed by atoms with Gasteiger partial charge in [0.1, 0.15) is 5.60 Å². The molecule has 0 aromatic heterocycles. The number of rotatable bonds is 3. The number of carbonyl (C=O) groups is 1. The van der Waals surface area contributed by atoms with Crippen molar-refractivity contribution < 1.29 is 14.3 Å². The highest BCUT2D eigenvalue weighted by Crippen LogP contribution is 2.39. The van der Waals surface area contributed by atoms with E-state index in [9.17, 15) is 4.79 Å². The van der Waals surface area contributed by atoms with Gasteiger partial charge in [0.2, 0.25) is 0 Å². The summed E-state index contributed by atoms with van der Waals surface area (Å²) in [5.74, 6) is 0. The van der Waals surface area contributed by atoms with Crippen LogP contribution in [0, 0.1) is 5.41 Å². The first-order valence-corrected chi connectivity index (χ1v) is 7.13. The van der Waals surface area contributed by atoms with Crippen molar-refractivity contribution in [2.45, 2.75) is 85.2 Å².